The van der Waals surface area contributed by atoms with Crippen molar-refractivity contribution in [1.82, 2.24) is 0 Å². The Morgan fingerprint density at radius 1 is 0.562 bits per heavy atom. The lowest BCUT2D eigenvalue weighted by Crippen LogP contribution is -2.11. The molecule has 2 nitrogen and oxygen atoms in total. The molecule has 0 amide bonds. The van der Waals surface area contributed by atoms with Gasteiger partial charge in [0.15, 0.2) is 0 Å². The van der Waals surface area contributed by atoms with Crippen LogP contribution in [0.25, 0.3) is 32.3 Å². The first-order valence-electron chi connectivity index (χ1n) is 11.0. The molecular weight excluding hydrogens is 388 g/mol. The van der Waals surface area contributed by atoms with E-state index in [-0.39, 0.29) is 0 Å². The zero-order valence-corrected chi connectivity index (χ0v) is 18.3. The first-order valence-corrected chi connectivity index (χ1v) is 11.0. The largest absolute Gasteiger partial charge is 0.398 e. The van der Waals surface area contributed by atoms with Gasteiger partial charge in [-0.15, -0.1) is 0 Å². The quantitative estimate of drug-likeness (QED) is 0.234. The van der Waals surface area contributed by atoms with Gasteiger partial charge in [0.05, 0.1) is 5.69 Å². The molecule has 0 saturated heterocycles. The molecule has 6 aromatic carbocycles. The Morgan fingerprint density at radius 2 is 1.09 bits per heavy atom. The van der Waals surface area contributed by atoms with E-state index in [0.717, 1.165) is 22.4 Å². The van der Waals surface area contributed by atoms with Crippen LogP contribution in [0.15, 0.2) is 97.1 Å². The van der Waals surface area contributed by atoms with Crippen LogP contribution < -0.4 is 10.6 Å². The molecule has 2 N–H and O–H groups in total. The number of benzene rings is 6. The summed E-state index contributed by atoms with van der Waals surface area (Å²) in [5, 5.41) is 7.26. The van der Waals surface area contributed by atoms with Gasteiger partial charge >= 0.3 is 0 Å². The number of nitrogens with two attached hydrogens (primary N) is 1. The Bertz CT molecular complexity index is 1570. The molecule has 0 aliphatic carbocycles. The molecular formula is C30H24N2. The number of hydrogen-bond acceptors (Lipinski definition) is 2. The minimum Gasteiger partial charge on any atom is -0.398 e. The van der Waals surface area contributed by atoms with E-state index in [1.54, 1.807) is 0 Å². The lowest BCUT2D eigenvalue weighted by molar-refractivity contribution is 1.27. The van der Waals surface area contributed by atoms with Gasteiger partial charge in [-0.25, -0.2) is 0 Å². The van der Waals surface area contributed by atoms with Crippen molar-refractivity contribution >= 4 is 55.1 Å². The van der Waals surface area contributed by atoms with E-state index in [0.29, 0.717) is 0 Å². The van der Waals surface area contributed by atoms with Crippen LogP contribution in [0.2, 0.25) is 0 Å². The molecule has 0 bridgehead atoms. The van der Waals surface area contributed by atoms with Crippen LogP contribution in [-0.4, -0.2) is 0 Å². The average molecular weight is 413 g/mol. The van der Waals surface area contributed by atoms with Crippen molar-refractivity contribution in [1.29, 1.82) is 0 Å². The predicted octanol–water partition coefficient (Wildman–Crippen LogP) is 8.25. The summed E-state index contributed by atoms with van der Waals surface area (Å²) in [6, 6.07) is 34.8. The van der Waals surface area contributed by atoms with E-state index < -0.39 is 0 Å². The van der Waals surface area contributed by atoms with Gasteiger partial charge in [0.1, 0.15) is 0 Å². The molecule has 154 valence electrons. The third kappa shape index (κ3) is 2.80. The number of hydrogen-bond donors (Lipinski definition) is 1. The zero-order valence-electron chi connectivity index (χ0n) is 18.3. The molecule has 0 aromatic heterocycles. The van der Waals surface area contributed by atoms with Gasteiger partial charge in [-0.05, 0) is 82.9 Å². The molecule has 0 spiro atoms. The molecule has 0 radical (unpaired) electrons. The molecule has 0 saturated carbocycles. The van der Waals surface area contributed by atoms with E-state index in [9.17, 15) is 0 Å². The highest BCUT2D eigenvalue weighted by Crippen LogP contribution is 2.46. The van der Waals surface area contributed by atoms with Crippen LogP contribution in [-0.2, 0) is 0 Å². The van der Waals surface area contributed by atoms with Gasteiger partial charge in [-0.1, -0.05) is 60.7 Å². The van der Waals surface area contributed by atoms with Gasteiger partial charge in [0.25, 0.3) is 0 Å². The summed E-state index contributed by atoms with van der Waals surface area (Å²) in [7, 11) is 0. The third-order valence-corrected chi connectivity index (χ3v) is 6.39. The third-order valence-electron chi connectivity index (χ3n) is 6.39. The number of nitrogens with zero attached hydrogens (tertiary/aromatic N) is 1. The Hall–Kier alpha value is -4.04. The van der Waals surface area contributed by atoms with Crippen LogP contribution in [0.4, 0.5) is 22.7 Å². The monoisotopic (exact) mass is 412 g/mol. The first-order chi connectivity index (χ1) is 15.6. The van der Waals surface area contributed by atoms with Crippen molar-refractivity contribution in [2.45, 2.75) is 13.8 Å². The SMILES string of the molecule is Cc1cccc(N(c2cccc(C)c2)c2cc3cccc4c(N)cc5cccc2c5c34)c1. The number of nitrogen functional groups attached to an aromatic ring is 1. The van der Waals surface area contributed by atoms with E-state index in [4.69, 9.17) is 5.73 Å². The maximum Gasteiger partial charge on any atom is 0.0546 e. The lowest BCUT2D eigenvalue weighted by atomic mass is 9.91. The second-order valence-corrected chi connectivity index (χ2v) is 8.68. The summed E-state index contributed by atoms with van der Waals surface area (Å²) in [6.07, 6.45) is 0. The van der Waals surface area contributed by atoms with Crippen LogP contribution in [0.1, 0.15) is 11.1 Å². The van der Waals surface area contributed by atoms with Crippen LogP contribution in [0.3, 0.4) is 0 Å². The predicted molar refractivity (Wildman–Crippen MR) is 139 cm³/mol. The fraction of sp³-hybridized carbons (Fsp3) is 0.0667. The minimum absolute atomic E-state index is 0.831. The van der Waals surface area contributed by atoms with Gasteiger partial charge in [0, 0.05) is 27.8 Å². The summed E-state index contributed by atoms with van der Waals surface area (Å²) < 4.78 is 0. The van der Waals surface area contributed by atoms with E-state index >= 15 is 0 Å². The second-order valence-electron chi connectivity index (χ2n) is 8.68. The molecule has 0 aliphatic rings. The molecule has 0 unspecified atom stereocenters. The van der Waals surface area contributed by atoms with E-state index in [1.807, 2.05) is 0 Å². The van der Waals surface area contributed by atoms with Crippen LogP contribution >= 0.6 is 0 Å². The van der Waals surface area contributed by atoms with Gasteiger partial charge < -0.3 is 10.6 Å². The van der Waals surface area contributed by atoms with Gasteiger partial charge in [0.2, 0.25) is 0 Å². The molecule has 0 aliphatic heterocycles. The smallest absolute Gasteiger partial charge is 0.0546 e. The number of rotatable bonds is 3. The first kappa shape index (κ1) is 18.7. The summed E-state index contributed by atoms with van der Waals surface area (Å²) in [5.41, 5.74) is 13.2. The second kappa shape index (κ2) is 7.00. The summed E-state index contributed by atoms with van der Waals surface area (Å²) in [4.78, 5) is 2.38. The highest BCUT2D eigenvalue weighted by Gasteiger charge is 2.20. The molecule has 0 fully saturated rings. The highest BCUT2D eigenvalue weighted by molar-refractivity contribution is 6.28. The fourth-order valence-corrected chi connectivity index (χ4v) is 5.01. The van der Waals surface area contributed by atoms with Crippen LogP contribution in [0.5, 0.6) is 0 Å². The minimum atomic E-state index is 0.831. The number of anilines is 4. The molecule has 0 atom stereocenters. The summed E-state index contributed by atoms with van der Waals surface area (Å²) >= 11 is 0. The van der Waals surface area contributed by atoms with Crippen molar-refractivity contribution in [3.8, 4) is 0 Å². The summed E-state index contributed by atoms with van der Waals surface area (Å²) in [6.45, 7) is 4.29. The van der Waals surface area contributed by atoms with E-state index in [1.165, 1.54) is 43.7 Å². The number of aryl methyl sites for hydroxylation is 2. The molecule has 0 heterocycles. The maximum atomic E-state index is 6.44. The van der Waals surface area contributed by atoms with Crippen molar-refractivity contribution < 1.29 is 0 Å². The normalized spacial score (nSPS) is 11.6. The Kier molecular flexibility index (Phi) is 4.09. The fourth-order valence-electron chi connectivity index (χ4n) is 5.01. The Morgan fingerprint density at radius 3 is 1.72 bits per heavy atom. The van der Waals surface area contributed by atoms with Crippen LogP contribution in [0, 0.1) is 13.8 Å². The standard InChI is InChI=1S/C30H24N2/c1-19-7-3-11-23(15-19)32(24-12-4-8-20(2)16-24)28-18-22-10-5-13-25-27(31)17-21-9-6-14-26(28)30(21)29(22)25/h3-18H,31H2,1-2H3. The van der Waals surface area contributed by atoms with Crippen molar-refractivity contribution in [2.75, 3.05) is 10.6 Å². The molecule has 6 aromatic rings. The van der Waals surface area contributed by atoms with Crippen molar-refractivity contribution in [3.63, 3.8) is 0 Å². The topological polar surface area (TPSA) is 29.3 Å². The Balaban J connectivity index is 1.77. The van der Waals surface area contributed by atoms with Gasteiger partial charge in [-0.2, -0.15) is 0 Å². The van der Waals surface area contributed by atoms with Gasteiger partial charge in [-0.3, -0.25) is 0 Å². The molecule has 2 heteroatoms. The molecule has 6 rings (SSSR count). The summed E-state index contributed by atoms with van der Waals surface area (Å²) in [5.74, 6) is 0. The van der Waals surface area contributed by atoms with Crippen molar-refractivity contribution in [2.24, 2.45) is 0 Å². The Labute approximate surface area is 187 Å². The molecule has 32 heavy (non-hydrogen) atoms. The maximum absolute atomic E-state index is 6.44. The lowest BCUT2D eigenvalue weighted by Gasteiger charge is -2.28. The average Bonchev–Trinajstić information content (AvgIpc) is 2.79. The van der Waals surface area contributed by atoms with E-state index in [2.05, 4.69) is 116 Å². The highest BCUT2D eigenvalue weighted by atomic mass is 15.1. The van der Waals surface area contributed by atoms with Crippen molar-refractivity contribution in [3.05, 3.63) is 108 Å². The zero-order chi connectivity index (χ0) is 21.8.